The third-order valence-electron chi connectivity index (χ3n) is 4.77. The second kappa shape index (κ2) is 7.15. The topological polar surface area (TPSA) is 67.9 Å². The summed E-state index contributed by atoms with van der Waals surface area (Å²) in [4.78, 5) is 26.2. The highest BCUT2D eigenvalue weighted by molar-refractivity contribution is 5.81. The van der Waals surface area contributed by atoms with Gasteiger partial charge in [0.15, 0.2) is 11.5 Å². The maximum atomic E-state index is 12.6. The summed E-state index contributed by atoms with van der Waals surface area (Å²) in [5.41, 5.74) is 2.94. The number of benzene rings is 2. The molecule has 2 aliphatic heterocycles. The van der Waals surface area contributed by atoms with Gasteiger partial charge in [0.05, 0.1) is 12.5 Å². The third-order valence-corrected chi connectivity index (χ3v) is 4.77. The zero-order valence-corrected chi connectivity index (χ0v) is 15.0. The van der Waals surface area contributed by atoms with Gasteiger partial charge >= 0.3 is 0 Å². The van der Waals surface area contributed by atoms with Crippen LogP contribution in [0.2, 0.25) is 0 Å². The molecule has 6 nitrogen and oxygen atoms in total. The van der Waals surface area contributed by atoms with Crippen LogP contribution in [-0.4, -0.2) is 23.5 Å². The van der Waals surface area contributed by atoms with Crippen LogP contribution in [0.5, 0.6) is 11.5 Å². The van der Waals surface area contributed by atoms with Crippen LogP contribution in [0.15, 0.2) is 48.7 Å². The molecular formula is C21H20N2O4. The van der Waals surface area contributed by atoms with Crippen molar-refractivity contribution in [1.29, 1.82) is 0 Å². The van der Waals surface area contributed by atoms with Gasteiger partial charge in [0.2, 0.25) is 18.6 Å². The van der Waals surface area contributed by atoms with E-state index in [1.807, 2.05) is 48.5 Å². The molecule has 1 N–H and O–H groups in total. The molecule has 0 saturated heterocycles. The molecule has 0 aromatic heterocycles. The Morgan fingerprint density at radius 3 is 2.81 bits per heavy atom. The van der Waals surface area contributed by atoms with Crippen LogP contribution in [-0.2, 0) is 16.1 Å². The Morgan fingerprint density at radius 2 is 1.96 bits per heavy atom. The summed E-state index contributed by atoms with van der Waals surface area (Å²) in [5.74, 6) is 1.20. The number of rotatable bonds is 4. The van der Waals surface area contributed by atoms with E-state index in [-0.39, 0.29) is 31.1 Å². The Balaban J connectivity index is 1.44. The first-order chi connectivity index (χ1) is 13.1. The normalized spacial score (nSPS) is 16.8. The van der Waals surface area contributed by atoms with E-state index in [1.165, 1.54) is 6.92 Å². The minimum atomic E-state index is -0.305. The van der Waals surface area contributed by atoms with E-state index < -0.39 is 0 Å². The summed E-state index contributed by atoms with van der Waals surface area (Å²) >= 11 is 0. The van der Waals surface area contributed by atoms with Crippen molar-refractivity contribution in [3.63, 3.8) is 0 Å². The molecule has 2 amide bonds. The van der Waals surface area contributed by atoms with Crippen LogP contribution in [0.4, 0.5) is 0 Å². The molecule has 0 bridgehead atoms. The van der Waals surface area contributed by atoms with E-state index in [0.29, 0.717) is 18.0 Å². The second-order valence-electron chi connectivity index (χ2n) is 6.56. The van der Waals surface area contributed by atoms with Crippen LogP contribution in [0.1, 0.15) is 36.1 Å². The number of nitrogens with one attached hydrogen (secondary N) is 1. The van der Waals surface area contributed by atoms with Crippen molar-refractivity contribution in [3.05, 3.63) is 65.4 Å². The third kappa shape index (κ3) is 3.51. The predicted molar refractivity (Wildman–Crippen MR) is 99.8 cm³/mol. The maximum absolute atomic E-state index is 12.6. The van der Waals surface area contributed by atoms with Gasteiger partial charge in [-0.2, -0.15) is 0 Å². The van der Waals surface area contributed by atoms with E-state index in [0.717, 1.165) is 16.7 Å². The van der Waals surface area contributed by atoms with Crippen molar-refractivity contribution in [2.45, 2.75) is 25.9 Å². The molecule has 6 heteroatoms. The molecule has 2 heterocycles. The summed E-state index contributed by atoms with van der Waals surface area (Å²) in [7, 11) is 0. The van der Waals surface area contributed by atoms with Crippen LogP contribution in [0, 0.1) is 0 Å². The molecule has 0 unspecified atom stereocenters. The van der Waals surface area contributed by atoms with Gasteiger partial charge in [-0.15, -0.1) is 0 Å². The lowest BCUT2D eigenvalue weighted by Gasteiger charge is -2.32. The van der Waals surface area contributed by atoms with E-state index in [2.05, 4.69) is 5.32 Å². The van der Waals surface area contributed by atoms with Gasteiger partial charge in [0.25, 0.3) is 0 Å². The molecule has 4 rings (SSSR count). The first-order valence-electron chi connectivity index (χ1n) is 8.83. The molecule has 2 aromatic carbocycles. The zero-order chi connectivity index (χ0) is 18.8. The summed E-state index contributed by atoms with van der Waals surface area (Å²) in [5, 5.41) is 2.93. The highest BCUT2D eigenvalue weighted by Gasteiger charge is 2.28. The van der Waals surface area contributed by atoms with Crippen LogP contribution in [0.3, 0.4) is 0 Å². The monoisotopic (exact) mass is 364 g/mol. The molecule has 2 aromatic rings. The number of amides is 2. The lowest BCUT2D eigenvalue weighted by atomic mass is 9.93. The molecule has 0 aliphatic carbocycles. The quantitative estimate of drug-likeness (QED) is 0.906. The molecule has 0 saturated carbocycles. The Morgan fingerprint density at radius 1 is 1.15 bits per heavy atom. The Kier molecular flexibility index (Phi) is 4.54. The van der Waals surface area contributed by atoms with Crippen molar-refractivity contribution in [2.24, 2.45) is 0 Å². The van der Waals surface area contributed by atoms with Gasteiger partial charge in [-0.3, -0.25) is 9.59 Å². The maximum Gasteiger partial charge on any atom is 0.231 e. The first kappa shape index (κ1) is 17.1. The fourth-order valence-corrected chi connectivity index (χ4v) is 3.41. The van der Waals surface area contributed by atoms with E-state index >= 15 is 0 Å². The van der Waals surface area contributed by atoms with Crippen LogP contribution in [0.25, 0.3) is 6.08 Å². The molecule has 138 valence electrons. The predicted octanol–water partition coefficient (Wildman–Crippen LogP) is 3.00. The van der Waals surface area contributed by atoms with E-state index in [4.69, 9.17) is 9.47 Å². The van der Waals surface area contributed by atoms with Crippen molar-refractivity contribution in [2.75, 3.05) is 6.79 Å². The Bertz CT molecular complexity index is 922. The second-order valence-corrected chi connectivity index (χ2v) is 6.56. The molecule has 0 radical (unpaired) electrons. The standard InChI is InChI=1S/C21H20N2O4/c1-14(24)23-9-8-16-4-2-3-5-17(16)18(23)11-21(25)22-12-15-6-7-19-20(10-15)27-13-26-19/h2-10,18H,11-13H2,1H3,(H,22,25)/t18-/m1/s1. The number of hydrogen-bond acceptors (Lipinski definition) is 4. The summed E-state index contributed by atoms with van der Waals surface area (Å²) < 4.78 is 10.7. The van der Waals surface area contributed by atoms with Gasteiger partial charge in [0.1, 0.15) is 0 Å². The summed E-state index contributed by atoms with van der Waals surface area (Å²) in [6.45, 7) is 2.12. The Labute approximate surface area is 157 Å². The minimum Gasteiger partial charge on any atom is -0.454 e. The number of carbonyl (C=O) groups is 2. The van der Waals surface area contributed by atoms with Crippen LogP contribution < -0.4 is 14.8 Å². The van der Waals surface area contributed by atoms with Crippen molar-refractivity contribution in [3.8, 4) is 11.5 Å². The van der Waals surface area contributed by atoms with Crippen molar-refractivity contribution >= 4 is 17.9 Å². The molecule has 2 aliphatic rings. The molecule has 0 fully saturated rings. The molecule has 1 atom stereocenters. The van der Waals surface area contributed by atoms with Crippen molar-refractivity contribution < 1.29 is 19.1 Å². The SMILES string of the molecule is CC(=O)N1C=Cc2ccccc2[C@H]1CC(=O)NCc1ccc2c(c1)OCO2. The van der Waals surface area contributed by atoms with E-state index in [9.17, 15) is 9.59 Å². The van der Waals surface area contributed by atoms with Gasteiger partial charge in [-0.1, -0.05) is 30.3 Å². The van der Waals surface area contributed by atoms with Gasteiger partial charge in [-0.25, -0.2) is 0 Å². The smallest absolute Gasteiger partial charge is 0.231 e. The van der Waals surface area contributed by atoms with Gasteiger partial charge in [-0.05, 0) is 34.9 Å². The first-order valence-corrected chi connectivity index (χ1v) is 8.83. The van der Waals surface area contributed by atoms with E-state index in [1.54, 1.807) is 11.1 Å². The number of nitrogens with zero attached hydrogens (tertiary/aromatic N) is 1. The van der Waals surface area contributed by atoms with Crippen molar-refractivity contribution in [1.82, 2.24) is 10.2 Å². The fourth-order valence-electron chi connectivity index (χ4n) is 3.41. The van der Waals surface area contributed by atoms with Gasteiger partial charge in [0, 0.05) is 19.7 Å². The number of carbonyl (C=O) groups excluding carboxylic acids is 2. The lowest BCUT2D eigenvalue weighted by molar-refractivity contribution is -0.130. The van der Waals surface area contributed by atoms with Crippen LogP contribution >= 0.6 is 0 Å². The molecule has 27 heavy (non-hydrogen) atoms. The Hall–Kier alpha value is -3.28. The number of ether oxygens (including phenoxy) is 2. The number of hydrogen-bond donors (Lipinski definition) is 1. The minimum absolute atomic E-state index is 0.0886. The number of fused-ring (bicyclic) bond motifs is 2. The highest BCUT2D eigenvalue weighted by Crippen LogP contribution is 2.34. The molecular weight excluding hydrogens is 344 g/mol. The summed E-state index contributed by atoms with van der Waals surface area (Å²) in [6, 6.07) is 13.1. The summed E-state index contributed by atoms with van der Waals surface area (Å²) in [6.07, 6.45) is 3.85. The lowest BCUT2D eigenvalue weighted by Crippen LogP contribution is -2.35. The van der Waals surface area contributed by atoms with Gasteiger partial charge < -0.3 is 19.7 Å². The zero-order valence-electron chi connectivity index (χ0n) is 15.0. The highest BCUT2D eigenvalue weighted by atomic mass is 16.7. The average molecular weight is 364 g/mol. The average Bonchev–Trinajstić information content (AvgIpc) is 3.14. The molecule has 0 spiro atoms. The fraction of sp³-hybridized carbons (Fsp3) is 0.238. The largest absolute Gasteiger partial charge is 0.454 e.